The summed E-state index contributed by atoms with van der Waals surface area (Å²) < 4.78 is 5.28. The molecule has 14 heavy (non-hydrogen) atoms. The summed E-state index contributed by atoms with van der Waals surface area (Å²) in [6, 6.07) is 0.765. The normalized spacial score (nSPS) is 23.1. The van der Waals surface area contributed by atoms with Crippen LogP contribution < -0.4 is 5.32 Å². The Hall–Kier alpha value is -0.120. The first kappa shape index (κ1) is 12.0. The molecule has 0 aliphatic carbocycles. The molecule has 3 heteroatoms. The highest BCUT2D eigenvalue weighted by atomic mass is 16.5. The fourth-order valence-corrected chi connectivity index (χ4v) is 2.10. The van der Waals surface area contributed by atoms with Crippen LogP contribution in [0.4, 0.5) is 0 Å². The van der Waals surface area contributed by atoms with Gasteiger partial charge in [0.15, 0.2) is 0 Å². The highest BCUT2D eigenvalue weighted by molar-refractivity contribution is 4.79. The van der Waals surface area contributed by atoms with E-state index in [9.17, 15) is 0 Å². The van der Waals surface area contributed by atoms with Crippen molar-refractivity contribution in [3.8, 4) is 0 Å². The summed E-state index contributed by atoms with van der Waals surface area (Å²) in [5.74, 6) is 0. The number of nitrogens with zero attached hydrogens (tertiary/aromatic N) is 1. The standard InChI is InChI=1S/C11H24N2O/c1-3-13-8-5-6-11(13)10-12-7-9-14-4-2/h11-12H,3-10H2,1-2H3. The number of likely N-dealkylation sites (tertiary alicyclic amines) is 1. The van der Waals surface area contributed by atoms with Crippen LogP contribution in [0, 0.1) is 0 Å². The van der Waals surface area contributed by atoms with Gasteiger partial charge in [-0.2, -0.15) is 0 Å². The predicted octanol–water partition coefficient (Wildman–Crippen LogP) is 1.10. The summed E-state index contributed by atoms with van der Waals surface area (Å²) >= 11 is 0. The molecular weight excluding hydrogens is 176 g/mol. The second kappa shape index (κ2) is 7.21. The molecule has 1 heterocycles. The van der Waals surface area contributed by atoms with Crippen molar-refractivity contribution >= 4 is 0 Å². The molecular formula is C11H24N2O. The Bertz CT molecular complexity index is 141. The third-order valence-electron chi connectivity index (χ3n) is 2.91. The molecule has 0 aromatic heterocycles. The molecule has 84 valence electrons. The van der Waals surface area contributed by atoms with E-state index in [1.54, 1.807) is 0 Å². The highest BCUT2D eigenvalue weighted by Gasteiger charge is 2.21. The van der Waals surface area contributed by atoms with Gasteiger partial charge in [0, 0.05) is 25.7 Å². The predicted molar refractivity (Wildman–Crippen MR) is 59.6 cm³/mol. The molecule has 0 aromatic carbocycles. The van der Waals surface area contributed by atoms with Crippen LogP contribution in [0.1, 0.15) is 26.7 Å². The van der Waals surface area contributed by atoms with Gasteiger partial charge in [0.05, 0.1) is 6.61 Å². The molecule has 1 N–H and O–H groups in total. The molecule has 1 saturated heterocycles. The fraction of sp³-hybridized carbons (Fsp3) is 1.00. The Morgan fingerprint density at radius 3 is 3.00 bits per heavy atom. The van der Waals surface area contributed by atoms with Crippen molar-refractivity contribution in [2.24, 2.45) is 0 Å². The van der Waals surface area contributed by atoms with E-state index in [1.807, 2.05) is 6.92 Å². The number of rotatable bonds is 7. The SMILES string of the molecule is CCOCCNCC1CCCN1CC. The zero-order chi connectivity index (χ0) is 10.2. The van der Waals surface area contributed by atoms with Crippen LogP contribution in [0.15, 0.2) is 0 Å². The van der Waals surface area contributed by atoms with E-state index in [0.29, 0.717) is 0 Å². The van der Waals surface area contributed by atoms with E-state index in [-0.39, 0.29) is 0 Å². The van der Waals surface area contributed by atoms with E-state index in [1.165, 1.54) is 25.9 Å². The Morgan fingerprint density at radius 2 is 2.29 bits per heavy atom. The molecule has 3 nitrogen and oxygen atoms in total. The Labute approximate surface area is 87.8 Å². The smallest absolute Gasteiger partial charge is 0.0590 e. The van der Waals surface area contributed by atoms with Crippen LogP contribution in [0.5, 0.6) is 0 Å². The lowest BCUT2D eigenvalue weighted by molar-refractivity contribution is 0.147. The van der Waals surface area contributed by atoms with Crippen LogP contribution in [-0.4, -0.2) is 50.3 Å². The molecule has 0 bridgehead atoms. The van der Waals surface area contributed by atoms with Crippen LogP contribution in [0.25, 0.3) is 0 Å². The summed E-state index contributed by atoms with van der Waals surface area (Å²) in [4.78, 5) is 2.56. The molecule has 1 aliphatic rings. The van der Waals surface area contributed by atoms with Crippen LogP contribution in [-0.2, 0) is 4.74 Å². The Kier molecular flexibility index (Phi) is 6.15. The molecule has 1 fully saturated rings. The van der Waals surface area contributed by atoms with Gasteiger partial charge in [-0.15, -0.1) is 0 Å². The molecule has 0 saturated carbocycles. The van der Waals surface area contributed by atoms with Crippen LogP contribution in [0.3, 0.4) is 0 Å². The van der Waals surface area contributed by atoms with E-state index >= 15 is 0 Å². The van der Waals surface area contributed by atoms with Gasteiger partial charge in [0.2, 0.25) is 0 Å². The Balaban J connectivity index is 2.00. The summed E-state index contributed by atoms with van der Waals surface area (Å²) in [7, 11) is 0. The summed E-state index contributed by atoms with van der Waals surface area (Å²) in [5, 5.41) is 3.46. The topological polar surface area (TPSA) is 24.5 Å². The van der Waals surface area contributed by atoms with Gasteiger partial charge in [0.1, 0.15) is 0 Å². The molecule has 0 radical (unpaired) electrons. The van der Waals surface area contributed by atoms with Gasteiger partial charge in [-0.3, -0.25) is 4.90 Å². The third kappa shape index (κ3) is 3.95. The largest absolute Gasteiger partial charge is 0.380 e. The lowest BCUT2D eigenvalue weighted by Crippen LogP contribution is -2.38. The van der Waals surface area contributed by atoms with Crippen molar-refractivity contribution in [2.75, 3.05) is 39.4 Å². The molecule has 1 rings (SSSR count). The number of hydrogen-bond donors (Lipinski definition) is 1. The van der Waals surface area contributed by atoms with Gasteiger partial charge in [-0.05, 0) is 32.9 Å². The lowest BCUT2D eigenvalue weighted by Gasteiger charge is -2.22. The minimum absolute atomic E-state index is 0.765. The summed E-state index contributed by atoms with van der Waals surface area (Å²) in [6.07, 6.45) is 2.72. The van der Waals surface area contributed by atoms with Gasteiger partial charge in [0.25, 0.3) is 0 Å². The molecule has 1 atom stereocenters. The van der Waals surface area contributed by atoms with Gasteiger partial charge in [-0.1, -0.05) is 6.92 Å². The summed E-state index contributed by atoms with van der Waals surface area (Å²) in [5.41, 5.74) is 0. The zero-order valence-electron chi connectivity index (χ0n) is 9.59. The second-order valence-corrected chi connectivity index (χ2v) is 3.83. The maximum Gasteiger partial charge on any atom is 0.0590 e. The van der Waals surface area contributed by atoms with E-state index < -0.39 is 0 Å². The molecule has 1 unspecified atom stereocenters. The Morgan fingerprint density at radius 1 is 1.43 bits per heavy atom. The minimum atomic E-state index is 0.765. The first-order valence-corrected chi connectivity index (χ1v) is 5.91. The van der Waals surface area contributed by atoms with Crippen molar-refractivity contribution in [3.63, 3.8) is 0 Å². The van der Waals surface area contributed by atoms with Gasteiger partial charge >= 0.3 is 0 Å². The maximum atomic E-state index is 5.28. The lowest BCUT2D eigenvalue weighted by atomic mass is 10.2. The quantitative estimate of drug-likeness (QED) is 0.623. The van der Waals surface area contributed by atoms with E-state index in [2.05, 4.69) is 17.1 Å². The fourth-order valence-electron chi connectivity index (χ4n) is 2.10. The zero-order valence-corrected chi connectivity index (χ0v) is 9.59. The monoisotopic (exact) mass is 200 g/mol. The van der Waals surface area contributed by atoms with E-state index in [4.69, 9.17) is 4.74 Å². The summed E-state index contributed by atoms with van der Waals surface area (Å²) in [6.45, 7) is 10.5. The number of ether oxygens (including phenoxy) is 1. The third-order valence-corrected chi connectivity index (χ3v) is 2.91. The second-order valence-electron chi connectivity index (χ2n) is 3.83. The maximum absolute atomic E-state index is 5.28. The van der Waals surface area contributed by atoms with Crippen molar-refractivity contribution in [1.29, 1.82) is 0 Å². The molecule has 1 aliphatic heterocycles. The average Bonchev–Trinajstić information content (AvgIpc) is 2.65. The first-order chi connectivity index (χ1) is 6.88. The highest BCUT2D eigenvalue weighted by Crippen LogP contribution is 2.15. The average molecular weight is 200 g/mol. The van der Waals surface area contributed by atoms with Crippen molar-refractivity contribution in [1.82, 2.24) is 10.2 Å². The van der Waals surface area contributed by atoms with Crippen molar-refractivity contribution in [3.05, 3.63) is 0 Å². The van der Waals surface area contributed by atoms with Gasteiger partial charge < -0.3 is 10.1 Å². The number of hydrogen-bond acceptors (Lipinski definition) is 3. The molecule has 0 spiro atoms. The van der Waals surface area contributed by atoms with Crippen molar-refractivity contribution < 1.29 is 4.74 Å². The molecule has 0 aromatic rings. The van der Waals surface area contributed by atoms with Crippen LogP contribution >= 0.6 is 0 Å². The first-order valence-electron chi connectivity index (χ1n) is 5.91. The van der Waals surface area contributed by atoms with Gasteiger partial charge in [-0.25, -0.2) is 0 Å². The minimum Gasteiger partial charge on any atom is -0.380 e. The van der Waals surface area contributed by atoms with Crippen LogP contribution in [0.2, 0.25) is 0 Å². The number of likely N-dealkylation sites (N-methyl/N-ethyl adjacent to an activating group) is 1. The molecule has 0 amide bonds. The van der Waals surface area contributed by atoms with Crippen molar-refractivity contribution in [2.45, 2.75) is 32.7 Å². The van der Waals surface area contributed by atoms with E-state index in [0.717, 1.165) is 32.3 Å². The number of nitrogens with one attached hydrogen (secondary N) is 1.